The van der Waals surface area contributed by atoms with Gasteiger partial charge >= 0.3 is 92.9 Å². The Morgan fingerprint density at radius 2 is 0.875 bits per heavy atom. The molecular formula is C87H132BrIKN8NaO13. The summed E-state index contributed by atoms with van der Waals surface area (Å²) < 4.78 is 10.7. The average Bonchev–Trinajstić information content (AvgIpc) is 1.61. The van der Waals surface area contributed by atoms with Gasteiger partial charge in [0.05, 0.1) is 51.9 Å². The Kier molecular flexibility index (Phi) is 51.0. The van der Waals surface area contributed by atoms with E-state index < -0.39 is 33.7 Å². The molecule has 0 radical (unpaired) electrons. The van der Waals surface area contributed by atoms with Gasteiger partial charge in [0, 0.05) is 22.0 Å². The molecule has 3 amide bonds. The largest absolute Gasteiger partial charge is 1.00 e. The normalized spacial score (nSPS) is 21.9. The first kappa shape index (κ1) is 106. The van der Waals surface area contributed by atoms with Gasteiger partial charge in [-0.1, -0.05) is 247 Å². The molecule has 5 fully saturated rings. The van der Waals surface area contributed by atoms with Crippen molar-refractivity contribution in [2.24, 2.45) is 66.6 Å². The molecule has 5 aliphatic carbocycles. The summed E-state index contributed by atoms with van der Waals surface area (Å²) in [5, 5.41) is 26.2. The Bertz CT molecular complexity index is 3420. The fraction of sp³-hybridized carbons (Fsp3) is 0.644. The minimum Gasteiger partial charge on any atom is -1.00 e. The molecule has 614 valence electrons. The zero-order valence-electron chi connectivity index (χ0n) is 71.6. The summed E-state index contributed by atoms with van der Waals surface area (Å²) >= 11 is 5.66. The second-order valence-electron chi connectivity index (χ2n) is 31.6. The van der Waals surface area contributed by atoms with Crippen molar-refractivity contribution in [2.45, 2.75) is 274 Å². The third-order valence-electron chi connectivity index (χ3n) is 22.8. The number of hydrogen-bond donors (Lipinski definition) is 3. The van der Waals surface area contributed by atoms with Gasteiger partial charge in [-0.3, -0.25) is 47.9 Å². The molecule has 0 aromatic heterocycles. The van der Waals surface area contributed by atoms with E-state index in [0.29, 0.717) is 47.4 Å². The third kappa shape index (κ3) is 32.6. The van der Waals surface area contributed by atoms with E-state index in [4.69, 9.17) is 15.8 Å². The number of amides is 3. The van der Waals surface area contributed by atoms with E-state index in [2.05, 4.69) is 64.0 Å². The molecule has 0 saturated heterocycles. The molecular weight excluding hydrogens is 1630 g/mol. The fourth-order valence-electron chi connectivity index (χ4n) is 15.2. The van der Waals surface area contributed by atoms with Crippen LogP contribution < -0.4 is 91.5 Å². The molecule has 21 nitrogen and oxygen atoms in total. The summed E-state index contributed by atoms with van der Waals surface area (Å²) in [6.07, 6.45) is 30.6. The summed E-state index contributed by atoms with van der Waals surface area (Å²) in [4.78, 5) is 118. The Morgan fingerprint density at radius 1 is 0.562 bits per heavy atom. The number of benzene rings is 3. The Labute approximate surface area is 758 Å². The minimum absolute atomic E-state index is 0. The summed E-state index contributed by atoms with van der Waals surface area (Å²) in [5.74, 6) is -0.152. The van der Waals surface area contributed by atoms with Gasteiger partial charge in [-0.2, -0.15) is 15.3 Å². The van der Waals surface area contributed by atoms with Crippen molar-refractivity contribution in [3.63, 3.8) is 0 Å². The number of nitrogens with zero attached hydrogens (tertiary/aromatic N) is 5. The molecule has 5 atom stereocenters. The standard InChI is InChI=1S/2C19H24N2O2.C13H22O3.C11H18N2O.C8H7BrO.C7H12O3.C6H11I.C4H9O.K.H2N2.Na.H2.H/c2*1-14-19(2,16-11-7-4-8-12-16)18(23)21(20-14)13-17(22)15-9-5-3-6-10-15;1-4-16-12(15)13(3,10(2)14)11-8-6-5-7-9-11;1-8-11(2,10(14)13-12-8)9-6-4-3-5-7-9;9-6-8(10)7-4-2-1-3-5-7;1-4-10-7(9)5(2)6(3)8;7-6-4-2-1-3-5-6;1-4(2,3)5;;1-2;;;/h2*3,5-6,9-10,16H,4,7-8,11-13H2,1-2H3;11H,4-9H2,1-3H3;9H,3-7H2,1-2H3,(H,13,14);1-5H,6H2;5H,4H2,1-3H3;6H,1-5H2;1-3H3;;1-2H;;1H;/q;;;;;;;-1;+1;;+1;;-1. The number of ketones is 5. The molecule has 3 N–H and O–H groups in total. The van der Waals surface area contributed by atoms with Crippen LogP contribution in [-0.4, -0.2) is 127 Å². The van der Waals surface area contributed by atoms with Crippen LogP contribution in [0.3, 0.4) is 0 Å². The predicted octanol–water partition coefficient (Wildman–Crippen LogP) is 13.1. The number of carbonyl (C=O) groups excluding carboxylic acids is 10. The summed E-state index contributed by atoms with van der Waals surface area (Å²) in [7, 11) is 0. The maximum Gasteiger partial charge on any atom is 1.00 e. The molecule has 112 heavy (non-hydrogen) atoms. The number of hydrogen-bond acceptors (Lipinski definition) is 18. The van der Waals surface area contributed by atoms with Gasteiger partial charge < -0.3 is 16.0 Å². The number of carbonyl (C=O) groups is 10. The number of ether oxygens (including phenoxy) is 2. The van der Waals surface area contributed by atoms with Crippen molar-refractivity contribution in [3.05, 3.63) is 108 Å². The van der Waals surface area contributed by atoms with Crippen LogP contribution >= 0.6 is 38.5 Å². The first-order valence-corrected chi connectivity index (χ1v) is 42.3. The first-order valence-electron chi connectivity index (χ1n) is 39.9. The molecule has 5 unspecified atom stereocenters. The van der Waals surface area contributed by atoms with Crippen LogP contribution in [0.1, 0.15) is 298 Å². The van der Waals surface area contributed by atoms with Gasteiger partial charge in [0.15, 0.2) is 17.3 Å². The van der Waals surface area contributed by atoms with Crippen LogP contribution in [0.15, 0.2) is 106 Å². The van der Waals surface area contributed by atoms with Crippen molar-refractivity contribution >= 4 is 114 Å². The van der Waals surface area contributed by atoms with Crippen LogP contribution in [0.25, 0.3) is 0 Å². The van der Waals surface area contributed by atoms with E-state index in [-0.39, 0.29) is 161 Å². The summed E-state index contributed by atoms with van der Waals surface area (Å²) in [5.41, 5.74) is 14.2. The van der Waals surface area contributed by atoms with Crippen LogP contribution in [0, 0.1) is 62.3 Å². The number of rotatable bonds is 18. The summed E-state index contributed by atoms with van der Waals surface area (Å²) in [6.45, 7) is 27.2. The minimum atomic E-state index is -0.920. The molecule has 0 spiro atoms. The van der Waals surface area contributed by atoms with Crippen molar-refractivity contribution in [1.29, 1.82) is 11.1 Å². The first-order chi connectivity index (χ1) is 52.1. The van der Waals surface area contributed by atoms with E-state index >= 15 is 0 Å². The van der Waals surface area contributed by atoms with E-state index in [0.717, 1.165) is 78.0 Å². The number of hydrazone groups is 3. The second kappa shape index (κ2) is 54.0. The van der Waals surface area contributed by atoms with Crippen LogP contribution in [0.2, 0.25) is 0 Å². The topological polar surface area (TPSA) is 316 Å². The molecule has 5 saturated carbocycles. The van der Waals surface area contributed by atoms with Gasteiger partial charge in [-0.25, -0.2) is 26.5 Å². The molecule has 3 heterocycles. The van der Waals surface area contributed by atoms with E-state index in [9.17, 15) is 53.1 Å². The second-order valence-corrected chi connectivity index (χ2v) is 33.9. The van der Waals surface area contributed by atoms with E-state index in [1.807, 2.05) is 108 Å². The maximum atomic E-state index is 13.0. The Balaban J connectivity index is 0. The predicted molar refractivity (Wildman–Crippen MR) is 449 cm³/mol. The van der Waals surface area contributed by atoms with Gasteiger partial charge in [0.25, 0.3) is 17.7 Å². The van der Waals surface area contributed by atoms with Gasteiger partial charge in [-0.15, -0.1) is 5.60 Å². The third-order valence-corrected chi connectivity index (χ3v) is 24.6. The molecule has 3 aromatic rings. The fourth-order valence-corrected chi connectivity index (χ4v) is 16.4. The Morgan fingerprint density at radius 3 is 1.15 bits per heavy atom. The van der Waals surface area contributed by atoms with Crippen LogP contribution in [0.4, 0.5) is 0 Å². The molecule has 8 aliphatic rings. The quantitative estimate of drug-likeness (QED) is 0.0203. The van der Waals surface area contributed by atoms with Gasteiger partial charge in [0.1, 0.15) is 36.0 Å². The van der Waals surface area contributed by atoms with Crippen LogP contribution in [0.5, 0.6) is 0 Å². The summed E-state index contributed by atoms with van der Waals surface area (Å²) in [6, 6.07) is 27.4. The molecule has 0 bridgehead atoms. The zero-order chi connectivity index (χ0) is 82.4. The Hall–Kier alpha value is -4.22. The van der Waals surface area contributed by atoms with Crippen LogP contribution in [-0.2, 0) is 43.0 Å². The number of halogens is 2. The zero-order valence-corrected chi connectivity index (χ0v) is 79.5. The van der Waals surface area contributed by atoms with E-state index in [1.54, 1.807) is 72.7 Å². The van der Waals surface area contributed by atoms with E-state index in [1.165, 1.54) is 133 Å². The number of nitrogens with one attached hydrogen (secondary N) is 3. The maximum absolute atomic E-state index is 13.0. The van der Waals surface area contributed by atoms with Crippen molar-refractivity contribution in [3.8, 4) is 0 Å². The smallest absolute Gasteiger partial charge is 1.00 e. The number of Topliss-reactive ketones (excluding diaryl/α,β-unsaturated/α-hetero) is 5. The molecule has 3 aliphatic heterocycles. The van der Waals surface area contributed by atoms with Gasteiger partial charge in [0.2, 0.25) is 0 Å². The average molecular weight is 1770 g/mol. The molecule has 11 rings (SSSR count). The van der Waals surface area contributed by atoms with Crippen molar-refractivity contribution < 1.29 is 146 Å². The van der Waals surface area contributed by atoms with Gasteiger partial charge in [-0.05, 0) is 171 Å². The monoisotopic (exact) mass is 1760 g/mol. The van der Waals surface area contributed by atoms with Crippen molar-refractivity contribution in [1.82, 2.24) is 15.4 Å². The van der Waals surface area contributed by atoms with Crippen molar-refractivity contribution in [2.75, 3.05) is 31.6 Å². The molecule has 25 heteroatoms. The molecule has 3 aromatic carbocycles. The number of alkyl halides is 2. The number of esters is 2. The SMILES string of the molecule is CC(C)(C)[O-].CC1=NN(CC(=O)c2ccccc2)C(=O)C1(C)C1CCCCC1.CC1=NN(CC(=O)c2ccccc2)C(=O)C1(C)C1CCCCC1.CC1=NNC(=O)C1(C)C1CCCCC1.CCOC(=O)C(C)(C(C)=O)C1CCCCC1.CCOC(=O)C(C)C(C)=O.IC1CCCCC1.N=N.O=C(CBr)c1ccccc1.[H-].[HH].[K+].[Na+].